The average molecular weight is 448 g/mol. The Morgan fingerprint density at radius 3 is 2.50 bits per heavy atom. The molecule has 2 rings (SSSR count). The van der Waals surface area contributed by atoms with Gasteiger partial charge < -0.3 is 5.32 Å². The Labute approximate surface area is 142 Å². The van der Waals surface area contributed by atoms with Gasteiger partial charge in [-0.05, 0) is 69.7 Å². The van der Waals surface area contributed by atoms with E-state index >= 15 is 0 Å². The summed E-state index contributed by atoms with van der Waals surface area (Å²) in [6.07, 6.45) is 1.86. The second-order valence-electron chi connectivity index (χ2n) is 4.78. The van der Waals surface area contributed by atoms with Crippen molar-refractivity contribution in [1.29, 1.82) is 0 Å². The van der Waals surface area contributed by atoms with Crippen LogP contribution in [0.4, 0.5) is 0 Å². The average Bonchev–Trinajstić information content (AvgIpc) is 2.72. The molecule has 3 nitrogen and oxygen atoms in total. The van der Waals surface area contributed by atoms with Crippen LogP contribution < -0.4 is 5.32 Å². The number of hydrogen-bond acceptors (Lipinski definition) is 2. The van der Waals surface area contributed by atoms with Crippen LogP contribution in [0, 0.1) is 3.57 Å². The van der Waals surface area contributed by atoms with Gasteiger partial charge in [0.05, 0.1) is 15.9 Å². The molecule has 0 aliphatic carbocycles. The van der Waals surface area contributed by atoms with E-state index in [-0.39, 0.29) is 0 Å². The molecule has 1 atom stereocenters. The third kappa shape index (κ3) is 3.43. The SMILES string of the molecule is CCc1nn(C)c(CC(NC)c2ccc(I)cc2)c1Br. The summed E-state index contributed by atoms with van der Waals surface area (Å²) in [5, 5.41) is 7.97. The van der Waals surface area contributed by atoms with E-state index in [0.29, 0.717) is 6.04 Å². The van der Waals surface area contributed by atoms with Gasteiger partial charge in [0.25, 0.3) is 0 Å². The minimum absolute atomic E-state index is 0.295. The van der Waals surface area contributed by atoms with Crippen LogP contribution in [0.15, 0.2) is 28.7 Å². The monoisotopic (exact) mass is 447 g/mol. The fourth-order valence-electron chi connectivity index (χ4n) is 2.32. The van der Waals surface area contributed by atoms with Crippen molar-refractivity contribution in [3.8, 4) is 0 Å². The Kier molecular flexibility index (Phi) is 5.63. The normalized spacial score (nSPS) is 12.7. The lowest BCUT2D eigenvalue weighted by Gasteiger charge is -2.17. The maximum atomic E-state index is 4.56. The quantitative estimate of drug-likeness (QED) is 0.705. The summed E-state index contributed by atoms with van der Waals surface area (Å²) in [5.41, 5.74) is 3.67. The first kappa shape index (κ1) is 16.0. The van der Waals surface area contributed by atoms with Crippen molar-refractivity contribution in [2.45, 2.75) is 25.8 Å². The minimum atomic E-state index is 0.295. The van der Waals surface area contributed by atoms with Gasteiger partial charge in [0.15, 0.2) is 0 Å². The van der Waals surface area contributed by atoms with Crippen LogP contribution in [0.3, 0.4) is 0 Å². The summed E-state index contributed by atoms with van der Waals surface area (Å²) in [7, 11) is 4.02. The summed E-state index contributed by atoms with van der Waals surface area (Å²) in [6, 6.07) is 8.97. The molecule has 108 valence electrons. The molecule has 0 aliphatic heterocycles. The molecule has 0 amide bonds. The molecule has 0 saturated carbocycles. The fraction of sp³-hybridized carbons (Fsp3) is 0.400. The van der Waals surface area contributed by atoms with Gasteiger partial charge in [0.1, 0.15) is 0 Å². The minimum Gasteiger partial charge on any atom is -0.313 e. The summed E-state index contributed by atoms with van der Waals surface area (Å²) >= 11 is 6.02. The summed E-state index contributed by atoms with van der Waals surface area (Å²) in [5.74, 6) is 0. The second kappa shape index (κ2) is 7.04. The Bertz CT molecular complexity index is 578. The Morgan fingerprint density at radius 1 is 1.35 bits per heavy atom. The zero-order valence-corrected chi connectivity index (χ0v) is 15.7. The molecule has 2 aromatic rings. The number of likely N-dealkylation sites (N-methyl/N-ethyl adjacent to an activating group) is 1. The number of nitrogens with zero attached hydrogens (tertiary/aromatic N) is 2. The molecule has 0 bridgehead atoms. The first-order valence-corrected chi connectivity index (χ1v) is 8.57. The van der Waals surface area contributed by atoms with Crippen LogP contribution in [0.2, 0.25) is 0 Å². The van der Waals surface area contributed by atoms with Crippen LogP contribution in [0.1, 0.15) is 29.9 Å². The molecule has 0 aliphatic rings. The molecule has 1 N–H and O–H groups in total. The smallest absolute Gasteiger partial charge is 0.0766 e. The molecular formula is C15H19BrIN3. The van der Waals surface area contributed by atoms with Gasteiger partial charge >= 0.3 is 0 Å². The van der Waals surface area contributed by atoms with E-state index in [4.69, 9.17) is 0 Å². The summed E-state index contributed by atoms with van der Waals surface area (Å²) in [4.78, 5) is 0. The number of halogens is 2. The number of aryl methyl sites for hydroxylation is 2. The first-order chi connectivity index (χ1) is 9.56. The predicted molar refractivity (Wildman–Crippen MR) is 94.9 cm³/mol. The zero-order valence-electron chi connectivity index (χ0n) is 12.0. The Balaban J connectivity index is 2.26. The van der Waals surface area contributed by atoms with E-state index in [2.05, 4.69) is 80.1 Å². The van der Waals surface area contributed by atoms with E-state index in [0.717, 1.165) is 23.0 Å². The van der Waals surface area contributed by atoms with E-state index in [9.17, 15) is 0 Å². The van der Waals surface area contributed by atoms with Crippen LogP contribution in [-0.4, -0.2) is 16.8 Å². The predicted octanol–water partition coefficient (Wildman–Crippen LogP) is 3.85. The lowest BCUT2D eigenvalue weighted by molar-refractivity contribution is 0.560. The number of aromatic nitrogens is 2. The topological polar surface area (TPSA) is 29.9 Å². The van der Waals surface area contributed by atoms with Crippen molar-refractivity contribution in [3.63, 3.8) is 0 Å². The van der Waals surface area contributed by atoms with Crippen LogP contribution >= 0.6 is 38.5 Å². The van der Waals surface area contributed by atoms with Crippen molar-refractivity contribution >= 4 is 38.5 Å². The Morgan fingerprint density at radius 2 is 2.00 bits per heavy atom. The summed E-state index contributed by atoms with van der Waals surface area (Å²) in [6.45, 7) is 2.13. The molecule has 0 spiro atoms. The maximum Gasteiger partial charge on any atom is 0.0766 e. The van der Waals surface area contributed by atoms with Crippen molar-refractivity contribution in [2.75, 3.05) is 7.05 Å². The van der Waals surface area contributed by atoms with Crippen LogP contribution in [0.5, 0.6) is 0 Å². The molecule has 20 heavy (non-hydrogen) atoms. The molecule has 0 fully saturated rings. The number of benzene rings is 1. The molecule has 0 saturated heterocycles. The number of hydrogen-bond donors (Lipinski definition) is 1. The molecular weight excluding hydrogens is 429 g/mol. The van der Waals surface area contributed by atoms with Crippen LogP contribution in [-0.2, 0) is 19.9 Å². The first-order valence-electron chi connectivity index (χ1n) is 6.69. The molecule has 1 aromatic carbocycles. The lowest BCUT2D eigenvalue weighted by atomic mass is 10.0. The highest BCUT2D eigenvalue weighted by atomic mass is 127. The molecule has 1 heterocycles. The highest BCUT2D eigenvalue weighted by Gasteiger charge is 2.17. The standard InChI is InChI=1S/C15H19BrIN3/c1-4-12-15(16)14(20(3)19-12)9-13(18-2)10-5-7-11(17)8-6-10/h5-8,13,18H,4,9H2,1-3H3. The molecule has 1 aromatic heterocycles. The lowest BCUT2D eigenvalue weighted by Crippen LogP contribution is -2.20. The van der Waals surface area contributed by atoms with Gasteiger partial charge in [-0.1, -0.05) is 19.1 Å². The van der Waals surface area contributed by atoms with Gasteiger partial charge in [0, 0.05) is 23.1 Å². The van der Waals surface area contributed by atoms with E-state index < -0.39 is 0 Å². The summed E-state index contributed by atoms with van der Waals surface area (Å²) < 4.78 is 4.39. The van der Waals surface area contributed by atoms with Crippen molar-refractivity contribution < 1.29 is 0 Å². The van der Waals surface area contributed by atoms with Crippen molar-refractivity contribution in [1.82, 2.24) is 15.1 Å². The highest BCUT2D eigenvalue weighted by molar-refractivity contribution is 14.1. The largest absolute Gasteiger partial charge is 0.313 e. The number of rotatable bonds is 5. The second-order valence-corrected chi connectivity index (χ2v) is 6.82. The molecule has 0 radical (unpaired) electrons. The fourth-order valence-corrected chi connectivity index (χ4v) is 3.45. The van der Waals surface area contributed by atoms with Gasteiger partial charge in [-0.15, -0.1) is 0 Å². The van der Waals surface area contributed by atoms with E-state index in [1.807, 2.05) is 18.8 Å². The molecule has 1 unspecified atom stereocenters. The third-order valence-electron chi connectivity index (χ3n) is 3.52. The zero-order chi connectivity index (χ0) is 14.7. The van der Waals surface area contributed by atoms with Gasteiger partial charge in [-0.25, -0.2) is 0 Å². The highest BCUT2D eigenvalue weighted by Crippen LogP contribution is 2.27. The number of nitrogens with one attached hydrogen (secondary N) is 1. The third-order valence-corrected chi connectivity index (χ3v) is 5.16. The van der Waals surface area contributed by atoms with Gasteiger partial charge in [-0.2, -0.15) is 5.10 Å². The Hall–Kier alpha value is -0.400. The van der Waals surface area contributed by atoms with E-state index in [1.165, 1.54) is 14.8 Å². The van der Waals surface area contributed by atoms with Crippen LogP contribution in [0.25, 0.3) is 0 Å². The van der Waals surface area contributed by atoms with E-state index in [1.54, 1.807) is 0 Å². The maximum absolute atomic E-state index is 4.56. The van der Waals surface area contributed by atoms with Gasteiger partial charge in [-0.3, -0.25) is 4.68 Å². The van der Waals surface area contributed by atoms with Crippen molar-refractivity contribution in [2.24, 2.45) is 7.05 Å². The molecule has 5 heteroatoms. The van der Waals surface area contributed by atoms with Crippen molar-refractivity contribution in [3.05, 3.63) is 49.3 Å². The van der Waals surface area contributed by atoms with Gasteiger partial charge in [0.2, 0.25) is 0 Å².